The lowest BCUT2D eigenvalue weighted by Crippen LogP contribution is -2.54. The Hall–Kier alpha value is -2.05. The largest absolute Gasteiger partial charge is 0.450 e. The maximum atomic E-state index is 12.4. The number of hydrogen-bond acceptors (Lipinski definition) is 9. The van der Waals surface area contributed by atoms with Crippen molar-refractivity contribution >= 4 is 34.2 Å². The predicted molar refractivity (Wildman–Crippen MR) is 90.6 cm³/mol. The minimum Gasteiger partial charge on any atom is -0.450 e. The van der Waals surface area contributed by atoms with Crippen molar-refractivity contribution < 1.29 is 19.1 Å². The standard InChI is InChI=1S/C14H20N6O4S/c1-2-24-14(23)18-10(21)8-4-7-25-12(8)17-11(22)9-16-13-15-5-3-6-20(13)19-9/h4,7,9,13,15-16,19H,2-3,5-6H2,1H3,(H,17,22)(H,18,21,23). The average molecular weight is 368 g/mol. The Labute approximate surface area is 148 Å². The van der Waals surface area contributed by atoms with Gasteiger partial charge < -0.3 is 10.1 Å². The van der Waals surface area contributed by atoms with Crippen LogP contribution < -0.4 is 26.7 Å². The van der Waals surface area contributed by atoms with Crippen LogP contribution in [-0.2, 0) is 9.53 Å². The molecular weight excluding hydrogens is 348 g/mol. The first kappa shape index (κ1) is 17.8. The second-order valence-corrected chi connectivity index (χ2v) is 6.38. The quantitative estimate of drug-likeness (QED) is 0.486. The zero-order valence-corrected chi connectivity index (χ0v) is 14.4. The van der Waals surface area contributed by atoms with E-state index in [4.69, 9.17) is 0 Å². The van der Waals surface area contributed by atoms with Gasteiger partial charge in [-0.15, -0.1) is 11.3 Å². The van der Waals surface area contributed by atoms with E-state index >= 15 is 0 Å². The van der Waals surface area contributed by atoms with E-state index in [1.807, 2.05) is 5.01 Å². The Bertz CT molecular complexity index is 652. The summed E-state index contributed by atoms with van der Waals surface area (Å²) < 4.78 is 4.68. The minimum atomic E-state index is -0.821. The first-order chi connectivity index (χ1) is 12.1. The smallest absolute Gasteiger partial charge is 0.414 e. The highest BCUT2D eigenvalue weighted by molar-refractivity contribution is 7.14. The van der Waals surface area contributed by atoms with Gasteiger partial charge in [0, 0.05) is 6.54 Å². The summed E-state index contributed by atoms with van der Waals surface area (Å²) in [6, 6.07) is 1.54. The molecule has 2 unspecified atom stereocenters. The molecule has 2 aliphatic rings. The van der Waals surface area contributed by atoms with Crippen LogP contribution in [0.3, 0.4) is 0 Å². The van der Waals surface area contributed by atoms with Gasteiger partial charge in [-0.3, -0.25) is 25.5 Å². The molecule has 1 aromatic heterocycles. The van der Waals surface area contributed by atoms with Crippen molar-refractivity contribution in [3.63, 3.8) is 0 Å². The van der Waals surface area contributed by atoms with Crippen LogP contribution in [0.2, 0.25) is 0 Å². The Morgan fingerprint density at radius 1 is 1.44 bits per heavy atom. The number of nitrogens with zero attached hydrogens (tertiary/aromatic N) is 1. The lowest BCUT2D eigenvalue weighted by Gasteiger charge is -2.28. The van der Waals surface area contributed by atoms with Crippen molar-refractivity contribution in [3.05, 3.63) is 17.0 Å². The molecule has 0 aromatic carbocycles. The maximum Gasteiger partial charge on any atom is 0.414 e. The molecule has 25 heavy (non-hydrogen) atoms. The van der Waals surface area contributed by atoms with E-state index in [2.05, 4.69) is 31.4 Å². The summed E-state index contributed by atoms with van der Waals surface area (Å²) in [5.74, 6) is -0.940. The Morgan fingerprint density at radius 2 is 2.28 bits per heavy atom. The normalized spacial score (nSPS) is 22.9. The first-order valence-electron chi connectivity index (χ1n) is 7.97. The molecule has 10 nitrogen and oxygen atoms in total. The number of imide groups is 1. The summed E-state index contributed by atoms with van der Waals surface area (Å²) >= 11 is 1.20. The zero-order chi connectivity index (χ0) is 17.8. The fourth-order valence-corrected chi connectivity index (χ4v) is 3.39. The van der Waals surface area contributed by atoms with Crippen molar-refractivity contribution in [2.75, 3.05) is 25.0 Å². The molecule has 11 heteroatoms. The van der Waals surface area contributed by atoms with Crippen LogP contribution >= 0.6 is 11.3 Å². The number of amides is 3. The Kier molecular flexibility index (Phi) is 5.60. The molecule has 0 saturated carbocycles. The third kappa shape index (κ3) is 4.14. The third-order valence-electron chi connectivity index (χ3n) is 3.74. The van der Waals surface area contributed by atoms with Crippen LogP contribution in [0.15, 0.2) is 11.4 Å². The molecule has 0 bridgehead atoms. The second kappa shape index (κ2) is 7.89. The highest BCUT2D eigenvalue weighted by Gasteiger charge is 2.36. The monoisotopic (exact) mass is 368 g/mol. The van der Waals surface area contributed by atoms with Gasteiger partial charge in [-0.2, -0.15) is 0 Å². The number of carbonyl (C=O) groups excluding carboxylic acids is 3. The van der Waals surface area contributed by atoms with Crippen molar-refractivity contribution in [2.24, 2.45) is 0 Å². The Balaban J connectivity index is 1.60. The van der Waals surface area contributed by atoms with E-state index in [0.717, 1.165) is 19.5 Å². The number of hydrazine groups is 1. The summed E-state index contributed by atoms with van der Waals surface area (Å²) in [5.41, 5.74) is 3.29. The molecule has 136 valence electrons. The van der Waals surface area contributed by atoms with Gasteiger partial charge in [-0.25, -0.2) is 15.2 Å². The fourth-order valence-electron chi connectivity index (χ4n) is 2.61. The van der Waals surface area contributed by atoms with Gasteiger partial charge in [0.2, 0.25) is 0 Å². The van der Waals surface area contributed by atoms with Crippen molar-refractivity contribution in [2.45, 2.75) is 25.8 Å². The van der Waals surface area contributed by atoms with Gasteiger partial charge in [-0.05, 0) is 31.3 Å². The molecule has 2 atom stereocenters. The molecule has 0 radical (unpaired) electrons. The van der Waals surface area contributed by atoms with Gasteiger partial charge in [-0.1, -0.05) is 0 Å². The molecule has 2 aliphatic heterocycles. The number of nitrogens with one attached hydrogen (secondary N) is 5. The van der Waals surface area contributed by atoms with Gasteiger partial charge >= 0.3 is 6.09 Å². The number of carbonyl (C=O) groups is 3. The number of fused-ring (bicyclic) bond motifs is 1. The third-order valence-corrected chi connectivity index (χ3v) is 4.57. The second-order valence-electron chi connectivity index (χ2n) is 5.46. The lowest BCUT2D eigenvalue weighted by atomic mass is 10.3. The summed E-state index contributed by atoms with van der Waals surface area (Å²) in [6.07, 6.45) is -0.543. The highest BCUT2D eigenvalue weighted by atomic mass is 32.1. The molecule has 1 aromatic rings. The number of hydrogen-bond donors (Lipinski definition) is 5. The first-order valence-corrected chi connectivity index (χ1v) is 8.85. The van der Waals surface area contributed by atoms with E-state index in [0.29, 0.717) is 5.00 Å². The molecule has 0 aliphatic carbocycles. The predicted octanol–water partition coefficient (Wildman–Crippen LogP) is -0.414. The molecule has 2 saturated heterocycles. The van der Waals surface area contributed by atoms with Crippen LogP contribution in [0, 0.1) is 0 Å². The molecule has 3 heterocycles. The van der Waals surface area contributed by atoms with Crippen LogP contribution in [-0.4, -0.2) is 55.1 Å². The van der Waals surface area contributed by atoms with Crippen LogP contribution in [0.4, 0.5) is 9.80 Å². The molecular formula is C14H20N6O4S. The number of alkyl carbamates (subject to hydrolysis) is 1. The molecule has 2 fully saturated rings. The number of rotatable bonds is 4. The number of thiophene rings is 1. The van der Waals surface area contributed by atoms with Gasteiger partial charge in [0.1, 0.15) is 11.3 Å². The minimum absolute atomic E-state index is 0.0978. The summed E-state index contributed by atoms with van der Waals surface area (Å²) in [6.45, 7) is 3.52. The SMILES string of the molecule is CCOC(=O)NC(=O)c1ccsc1NC(=O)C1NC2NCCCN2N1. The average Bonchev–Trinajstić information content (AvgIpc) is 3.21. The summed E-state index contributed by atoms with van der Waals surface area (Å²) in [7, 11) is 0. The van der Waals surface area contributed by atoms with E-state index in [9.17, 15) is 14.4 Å². The molecule has 3 amide bonds. The van der Waals surface area contributed by atoms with E-state index < -0.39 is 18.2 Å². The van der Waals surface area contributed by atoms with Gasteiger partial charge in [0.15, 0.2) is 6.17 Å². The lowest BCUT2D eigenvalue weighted by molar-refractivity contribution is -0.118. The van der Waals surface area contributed by atoms with Crippen molar-refractivity contribution in [1.29, 1.82) is 0 Å². The highest BCUT2D eigenvalue weighted by Crippen LogP contribution is 2.23. The van der Waals surface area contributed by atoms with E-state index in [1.54, 1.807) is 12.3 Å². The summed E-state index contributed by atoms with van der Waals surface area (Å²) in [5, 5.41) is 15.2. The Morgan fingerprint density at radius 3 is 3.04 bits per heavy atom. The van der Waals surface area contributed by atoms with Crippen LogP contribution in [0.25, 0.3) is 0 Å². The van der Waals surface area contributed by atoms with Gasteiger partial charge in [0.05, 0.1) is 12.2 Å². The van der Waals surface area contributed by atoms with E-state index in [1.165, 1.54) is 17.4 Å². The van der Waals surface area contributed by atoms with Crippen molar-refractivity contribution in [1.82, 2.24) is 26.4 Å². The molecule has 3 rings (SSSR count). The van der Waals surface area contributed by atoms with Crippen molar-refractivity contribution in [3.8, 4) is 0 Å². The molecule has 0 spiro atoms. The maximum absolute atomic E-state index is 12.4. The number of anilines is 1. The van der Waals surface area contributed by atoms with Crippen LogP contribution in [0.1, 0.15) is 23.7 Å². The fraction of sp³-hybridized carbons (Fsp3) is 0.500. The topological polar surface area (TPSA) is 124 Å². The number of ether oxygens (including phenoxy) is 1. The van der Waals surface area contributed by atoms with Crippen LogP contribution in [0.5, 0.6) is 0 Å². The van der Waals surface area contributed by atoms with Gasteiger partial charge in [0.25, 0.3) is 11.8 Å². The summed E-state index contributed by atoms with van der Waals surface area (Å²) in [4.78, 5) is 35.9. The molecule has 5 N–H and O–H groups in total. The zero-order valence-electron chi connectivity index (χ0n) is 13.6. The van der Waals surface area contributed by atoms with E-state index in [-0.39, 0.29) is 24.4 Å².